The molecule has 2 heterocycles. The molecule has 0 bridgehead atoms. The van der Waals surface area contributed by atoms with Crippen LogP contribution in [0.5, 0.6) is 0 Å². The van der Waals surface area contributed by atoms with Gasteiger partial charge in [-0.2, -0.15) is 4.31 Å². The Kier molecular flexibility index (Phi) is 4.05. The molecule has 2 atom stereocenters. The van der Waals surface area contributed by atoms with Crippen molar-refractivity contribution < 1.29 is 13.2 Å². The van der Waals surface area contributed by atoms with Crippen LogP contribution >= 0.6 is 0 Å². The summed E-state index contributed by atoms with van der Waals surface area (Å²) in [7, 11) is -1.80. The average molecular weight is 310 g/mol. The number of likely N-dealkylation sites (N-methyl/N-ethyl adjacent to an activating group) is 1. The molecule has 1 fully saturated rings. The number of fused-ring (bicyclic) bond motifs is 1. The lowest BCUT2D eigenvalue weighted by Crippen LogP contribution is -2.41. The standard InChI is InChI=1S/C15H22N2O3S/c1-11-14(7-9-20-11)17(2)21(18,19)15-5-3-4-12-10-16-8-6-13(12)15/h3-5,11,14,16H,6-10H2,1-2H3. The quantitative estimate of drug-likeness (QED) is 0.909. The minimum absolute atomic E-state index is 0.0500. The maximum atomic E-state index is 13.0. The van der Waals surface area contributed by atoms with Crippen LogP contribution in [-0.4, -0.2) is 45.1 Å². The molecule has 0 amide bonds. The highest BCUT2D eigenvalue weighted by molar-refractivity contribution is 7.89. The third kappa shape index (κ3) is 2.61. The molecule has 2 aliphatic rings. The molecule has 5 nitrogen and oxygen atoms in total. The molecule has 2 aliphatic heterocycles. The van der Waals surface area contributed by atoms with Crippen LogP contribution in [0.4, 0.5) is 0 Å². The monoisotopic (exact) mass is 310 g/mol. The van der Waals surface area contributed by atoms with E-state index in [4.69, 9.17) is 4.74 Å². The summed E-state index contributed by atoms with van der Waals surface area (Å²) in [5.74, 6) is 0. The Morgan fingerprint density at radius 1 is 1.38 bits per heavy atom. The van der Waals surface area contributed by atoms with Gasteiger partial charge < -0.3 is 10.1 Å². The first kappa shape index (κ1) is 15.0. The fraction of sp³-hybridized carbons (Fsp3) is 0.600. The van der Waals surface area contributed by atoms with E-state index in [1.54, 1.807) is 13.1 Å². The number of ether oxygens (including phenoxy) is 1. The van der Waals surface area contributed by atoms with Crippen molar-refractivity contribution in [2.45, 2.75) is 43.4 Å². The van der Waals surface area contributed by atoms with Crippen LogP contribution in [0.3, 0.4) is 0 Å². The van der Waals surface area contributed by atoms with Gasteiger partial charge in [0.25, 0.3) is 0 Å². The van der Waals surface area contributed by atoms with Gasteiger partial charge in [-0.3, -0.25) is 0 Å². The van der Waals surface area contributed by atoms with E-state index in [1.807, 2.05) is 19.1 Å². The third-order valence-electron chi connectivity index (χ3n) is 4.56. The first-order valence-electron chi connectivity index (χ1n) is 7.43. The first-order chi connectivity index (χ1) is 10.0. The van der Waals surface area contributed by atoms with Crippen molar-refractivity contribution in [2.24, 2.45) is 0 Å². The minimum Gasteiger partial charge on any atom is -0.377 e. The topological polar surface area (TPSA) is 58.6 Å². The van der Waals surface area contributed by atoms with Gasteiger partial charge in [0, 0.05) is 20.2 Å². The van der Waals surface area contributed by atoms with E-state index in [0.29, 0.717) is 11.5 Å². The summed E-state index contributed by atoms with van der Waals surface area (Å²) in [6.45, 7) is 4.13. The largest absolute Gasteiger partial charge is 0.377 e. The van der Waals surface area contributed by atoms with Crippen molar-refractivity contribution >= 4 is 10.0 Å². The summed E-state index contributed by atoms with van der Waals surface area (Å²) < 4.78 is 33.0. The lowest BCUT2D eigenvalue weighted by Gasteiger charge is -2.28. The normalized spacial score (nSPS) is 26.0. The fourth-order valence-corrected chi connectivity index (χ4v) is 5.01. The Morgan fingerprint density at radius 2 is 2.19 bits per heavy atom. The van der Waals surface area contributed by atoms with Crippen LogP contribution in [0.25, 0.3) is 0 Å². The molecule has 0 spiro atoms. The molecule has 0 aromatic heterocycles. The Labute approximate surface area is 126 Å². The Morgan fingerprint density at radius 3 is 2.90 bits per heavy atom. The number of nitrogens with one attached hydrogen (secondary N) is 1. The van der Waals surface area contributed by atoms with Crippen LogP contribution in [-0.2, 0) is 27.7 Å². The van der Waals surface area contributed by atoms with Crippen molar-refractivity contribution in [1.82, 2.24) is 9.62 Å². The molecule has 21 heavy (non-hydrogen) atoms. The number of rotatable bonds is 3. The molecule has 2 unspecified atom stereocenters. The van der Waals surface area contributed by atoms with Gasteiger partial charge in [0.05, 0.1) is 17.0 Å². The van der Waals surface area contributed by atoms with Gasteiger partial charge in [-0.15, -0.1) is 0 Å². The second kappa shape index (κ2) is 5.68. The van der Waals surface area contributed by atoms with Crippen LogP contribution in [0.1, 0.15) is 24.5 Å². The van der Waals surface area contributed by atoms with Gasteiger partial charge in [0.15, 0.2) is 0 Å². The van der Waals surface area contributed by atoms with Gasteiger partial charge in [0.2, 0.25) is 10.0 Å². The second-order valence-electron chi connectivity index (χ2n) is 5.77. The van der Waals surface area contributed by atoms with E-state index in [2.05, 4.69) is 5.32 Å². The fourth-order valence-electron chi connectivity index (χ4n) is 3.27. The SMILES string of the molecule is CC1OCCC1N(C)S(=O)(=O)c1cccc2c1CCNC2. The van der Waals surface area contributed by atoms with Crippen LogP contribution in [0.15, 0.2) is 23.1 Å². The zero-order valence-corrected chi connectivity index (χ0v) is 13.3. The number of hydrogen-bond donors (Lipinski definition) is 1. The van der Waals surface area contributed by atoms with E-state index in [9.17, 15) is 8.42 Å². The zero-order chi connectivity index (χ0) is 15.0. The highest BCUT2D eigenvalue weighted by atomic mass is 32.2. The molecular formula is C15H22N2O3S. The molecule has 0 aliphatic carbocycles. The van der Waals surface area contributed by atoms with Crippen LogP contribution in [0, 0.1) is 0 Å². The third-order valence-corrected chi connectivity index (χ3v) is 6.52. The van der Waals surface area contributed by atoms with Crippen molar-refractivity contribution in [1.29, 1.82) is 0 Å². The number of sulfonamides is 1. The van der Waals surface area contributed by atoms with Crippen molar-refractivity contribution in [3.05, 3.63) is 29.3 Å². The summed E-state index contributed by atoms with van der Waals surface area (Å²) in [6.07, 6.45) is 1.47. The summed E-state index contributed by atoms with van der Waals surface area (Å²) in [5.41, 5.74) is 2.06. The van der Waals surface area contributed by atoms with Crippen molar-refractivity contribution in [3.8, 4) is 0 Å². The van der Waals surface area contributed by atoms with E-state index < -0.39 is 10.0 Å². The lowest BCUT2D eigenvalue weighted by atomic mass is 10.0. The van der Waals surface area contributed by atoms with Gasteiger partial charge in [-0.05, 0) is 43.5 Å². The number of hydrogen-bond acceptors (Lipinski definition) is 4. The summed E-state index contributed by atoms with van der Waals surface area (Å²) in [6, 6.07) is 5.49. The van der Waals surface area contributed by atoms with E-state index in [0.717, 1.165) is 37.1 Å². The molecule has 0 radical (unpaired) electrons. The Bertz CT molecular complexity index is 630. The second-order valence-corrected chi connectivity index (χ2v) is 7.74. The molecule has 1 saturated heterocycles. The van der Waals surface area contributed by atoms with E-state index in [-0.39, 0.29) is 12.1 Å². The van der Waals surface area contributed by atoms with E-state index >= 15 is 0 Å². The summed E-state index contributed by atoms with van der Waals surface area (Å²) in [4.78, 5) is 0.461. The molecule has 3 rings (SSSR count). The van der Waals surface area contributed by atoms with E-state index in [1.165, 1.54) is 4.31 Å². The Hall–Kier alpha value is -0.950. The lowest BCUT2D eigenvalue weighted by molar-refractivity contribution is 0.102. The highest BCUT2D eigenvalue weighted by Crippen LogP contribution is 2.29. The molecule has 0 saturated carbocycles. The molecule has 116 valence electrons. The number of nitrogens with zero attached hydrogens (tertiary/aromatic N) is 1. The van der Waals surface area contributed by atoms with Gasteiger partial charge >= 0.3 is 0 Å². The van der Waals surface area contributed by atoms with Crippen molar-refractivity contribution in [3.63, 3.8) is 0 Å². The zero-order valence-electron chi connectivity index (χ0n) is 12.5. The van der Waals surface area contributed by atoms with Gasteiger partial charge in [-0.1, -0.05) is 12.1 Å². The number of benzene rings is 1. The van der Waals surface area contributed by atoms with Crippen LogP contribution in [0.2, 0.25) is 0 Å². The summed E-state index contributed by atoms with van der Waals surface area (Å²) >= 11 is 0. The molecule has 1 aromatic carbocycles. The highest BCUT2D eigenvalue weighted by Gasteiger charge is 2.36. The predicted molar refractivity (Wildman–Crippen MR) is 80.6 cm³/mol. The molecule has 1 N–H and O–H groups in total. The molecule has 6 heteroatoms. The summed E-state index contributed by atoms with van der Waals surface area (Å²) in [5, 5.41) is 3.28. The van der Waals surface area contributed by atoms with Gasteiger partial charge in [-0.25, -0.2) is 8.42 Å². The smallest absolute Gasteiger partial charge is 0.243 e. The predicted octanol–water partition coefficient (Wildman–Crippen LogP) is 1.13. The molecule has 1 aromatic rings. The van der Waals surface area contributed by atoms with Crippen LogP contribution < -0.4 is 5.32 Å². The maximum Gasteiger partial charge on any atom is 0.243 e. The Balaban J connectivity index is 1.98. The average Bonchev–Trinajstić information content (AvgIpc) is 2.91. The first-order valence-corrected chi connectivity index (χ1v) is 8.87. The maximum absolute atomic E-state index is 13.0. The van der Waals surface area contributed by atoms with Crippen molar-refractivity contribution in [2.75, 3.05) is 20.2 Å². The molecular weight excluding hydrogens is 288 g/mol. The van der Waals surface area contributed by atoms with Gasteiger partial charge in [0.1, 0.15) is 0 Å². The minimum atomic E-state index is -3.47.